The van der Waals surface area contributed by atoms with E-state index in [-0.39, 0.29) is 6.09 Å². The van der Waals surface area contributed by atoms with Crippen molar-refractivity contribution in [2.45, 2.75) is 58.6 Å². The van der Waals surface area contributed by atoms with Gasteiger partial charge in [0.15, 0.2) is 0 Å². The van der Waals surface area contributed by atoms with Crippen molar-refractivity contribution in [2.75, 3.05) is 20.1 Å². The van der Waals surface area contributed by atoms with Gasteiger partial charge in [0, 0.05) is 19.1 Å². The van der Waals surface area contributed by atoms with Crippen LogP contribution in [0.2, 0.25) is 0 Å². The Labute approximate surface area is 111 Å². The topological polar surface area (TPSA) is 41.6 Å². The van der Waals surface area contributed by atoms with Gasteiger partial charge in [0.2, 0.25) is 0 Å². The molecule has 1 aliphatic heterocycles. The molecule has 4 heteroatoms. The molecule has 0 unspecified atom stereocenters. The molecule has 0 bridgehead atoms. The van der Waals surface area contributed by atoms with E-state index in [0.717, 1.165) is 25.9 Å². The maximum Gasteiger partial charge on any atom is 0.410 e. The molecule has 0 aliphatic carbocycles. The lowest BCUT2D eigenvalue weighted by molar-refractivity contribution is 0.0145. The van der Waals surface area contributed by atoms with E-state index in [0.29, 0.717) is 12.0 Å². The van der Waals surface area contributed by atoms with Crippen LogP contribution in [-0.2, 0) is 4.74 Å². The Balaban J connectivity index is 2.55. The van der Waals surface area contributed by atoms with Gasteiger partial charge in [0.1, 0.15) is 5.60 Å². The second kappa shape index (κ2) is 6.41. The summed E-state index contributed by atoms with van der Waals surface area (Å²) in [4.78, 5) is 13.9. The molecular weight excluding hydrogens is 228 g/mol. The normalized spacial score (nSPS) is 22.7. The van der Waals surface area contributed by atoms with E-state index < -0.39 is 5.60 Å². The van der Waals surface area contributed by atoms with Gasteiger partial charge in [0.05, 0.1) is 0 Å². The predicted octanol–water partition coefficient (Wildman–Crippen LogP) is 2.63. The van der Waals surface area contributed by atoms with Crippen LogP contribution in [-0.4, -0.2) is 42.8 Å². The maximum atomic E-state index is 12.0. The molecule has 0 aromatic carbocycles. The summed E-state index contributed by atoms with van der Waals surface area (Å²) < 4.78 is 5.44. The quantitative estimate of drug-likeness (QED) is 0.844. The SMILES string of the molecule is CC[C@H](NC)[C@H]1CCCN(C(=O)OC(C)(C)C)C1. The number of hydrogen-bond acceptors (Lipinski definition) is 3. The Kier molecular flexibility index (Phi) is 5.45. The molecular formula is C14H28N2O2. The van der Waals surface area contributed by atoms with Gasteiger partial charge >= 0.3 is 6.09 Å². The van der Waals surface area contributed by atoms with Crippen LogP contribution in [0.15, 0.2) is 0 Å². The lowest BCUT2D eigenvalue weighted by Crippen LogP contribution is -2.48. The second-order valence-electron chi connectivity index (χ2n) is 6.13. The van der Waals surface area contributed by atoms with E-state index >= 15 is 0 Å². The van der Waals surface area contributed by atoms with Crippen molar-refractivity contribution in [1.82, 2.24) is 10.2 Å². The van der Waals surface area contributed by atoms with Gasteiger partial charge < -0.3 is 15.0 Å². The van der Waals surface area contributed by atoms with Gasteiger partial charge in [-0.25, -0.2) is 4.79 Å². The highest BCUT2D eigenvalue weighted by Gasteiger charge is 2.30. The number of piperidine rings is 1. The number of hydrogen-bond donors (Lipinski definition) is 1. The van der Waals surface area contributed by atoms with E-state index in [2.05, 4.69) is 12.2 Å². The second-order valence-corrected chi connectivity index (χ2v) is 6.13. The van der Waals surface area contributed by atoms with Crippen LogP contribution in [0.1, 0.15) is 47.0 Å². The standard InChI is InChI=1S/C14H28N2O2/c1-6-12(15-5)11-8-7-9-16(10-11)13(17)18-14(2,3)4/h11-12,15H,6-10H2,1-5H3/t11-,12-/m0/s1. The van der Waals surface area contributed by atoms with E-state index in [1.165, 1.54) is 6.42 Å². The third kappa shape index (κ3) is 4.48. The predicted molar refractivity (Wildman–Crippen MR) is 73.7 cm³/mol. The summed E-state index contributed by atoms with van der Waals surface area (Å²) in [5.74, 6) is 0.543. The van der Waals surface area contributed by atoms with Crippen molar-refractivity contribution >= 4 is 6.09 Å². The summed E-state index contributed by atoms with van der Waals surface area (Å²) >= 11 is 0. The molecule has 0 spiro atoms. The Morgan fingerprint density at radius 3 is 2.67 bits per heavy atom. The first-order valence-corrected chi connectivity index (χ1v) is 7.02. The fraction of sp³-hybridized carbons (Fsp3) is 0.929. The van der Waals surface area contributed by atoms with Crippen molar-refractivity contribution in [3.63, 3.8) is 0 Å². The first-order chi connectivity index (χ1) is 8.37. The Morgan fingerprint density at radius 1 is 1.50 bits per heavy atom. The third-order valence-corrected chi connectivity index (χ3v) is 3.49. The monoisotopic (exact) mass is 256 g/mol. The van der Waals surface area contributed by atoms with Crippen LogP contribution in [0.25, 0.3) is 0 Å². The van der Waals surface area contributed by atoms with Crippen molar-refractivity contribution < 1.29 is 9.53 Å². The summed E-state index contributed by atoms with van der Waals surface area (Å²) in [5, 5.41) is 3.35. The van der Waals surface area contributed by atoms with Crippen molar-refractivity contribution in [3.8, 4) is 0 Å². The zero-order valence-corrected chi connectivity index (χ0v) is 12.5. The minimum Gasteiger partial charge on any atom is -0.444 e. The van der Waals surface area contributed by atoms with Gasteiger partial charge in [-0.15, -0.1) is 0 Å². The zero-order chi connectivity index (χ0) is 13.8. The Hall–Kier alpha value is -0.770. The molecule has 1 fully saturated rings. The van der Waals surface area contributed by atoms with Gasteiger partial charge in [-0.1, -0.05) is 6.92 Å². The number of carbonyl (C=O) groups excluding carboxylic acids is 1. The molecule has 4 nitrogen and oxygen atoms in total. The molecule has 0 radical (unpaired) electrons. The number of rotatable bonds is 3. The summed E-state index contributed by atoms with van der Waals surface area (Å²) in [6, 6.07) is 0.496. The number of likely N-dealkylation sites (tertiary alicyclic amines) is 1. The lowest BCUT2D eigenvalue weighted by atomic mass is 9.89. The highest BCUT2D eigenvalue weighted by atomic mass is 16.6. The smallest absolute Gasteiger partial charge is 0.410 e. The number of amides is 1. The number of ether oxygens (including phenoxy) is 1. The van der Waals surface area contributed by atoms with Crippen molar-refractivity contribution in [2.24, 2.45) is 5.92 Å². The molecule has 106 valence electrons. The third-order valence-electron chi connectivity index (χ3n) is 3.49. The Morgan fingerprint density at radius 2 is 2.17 bits per heavy atom. The minimum absolute atomic E-state index is 0.168. The first kappa shape index (κ1) is 15.3. The fourth-order valence-corrected chi connectivity index (χ4v) is 2.60. The average Bonchev–Trinajstić information content (AvgIpc) is 2.29. The lowest BCUT2D eigenvalue weighted by Gasteiger charge is -2.37. The van der Waals surface area contributed by atoms with Crippen LogP contribution in [0, 0.1) is 5.92 Å². The summed E-state index contributed by atoms with van der Waals surface area (Å²) in [6.45, 7) is 9.56. The van der Waals surface area contributed by atoms with Gasteiger partial charge in [-0.05, 0) is 53.0 Å². The zero-order valence-electron chi connectivity index (χ0n) is 12.5. The molecule has 1 saturated heterocycles. The molecule has 0 saturated carbocycles. The number of nitrogens with zero attached hydrogens (tertiary/aromatic N) is 1. The van der Waals surface area contributed by atoms with Crippen LogP contribution in [0.5, 0.6) is 0 Å². The Bertz CT molecular complexity index is 269. The van der Waals surface area contributed by atoms with Crippen molar-refractivity contribution in [1.29, 1.82) is 0 Å². The molecule has 1 heterocycles. The highest BCUT2D eigenvalue weighted by molar-refractivity contribution is 5.68. The largest absolute Gasteiger partial charge is 0.444 e. The molecule has 1 aliphatic rings. The molecule has 1 amide bonds. The van der Waals surface area contributed by atoms with E-state index in [4.69, 9.17) is 4.74 Å². The molecule has 1 N–H and O–H groups in total. The van der Waals surface area contributed by atoms with Crippen LogP contribution < -0.4 is 5.32 Å². The number of nitrogens with one attached hydrogen (secondary N) is 1. The van der Waals surface area contributed by atoms with Gasteiger partial charge in [-0.3, -0.25) is 0 Å². The van der Waals surface area contributed by atoms with Crippen LogP contribution in [0.4, 0.5) is 4.79 Å². The molecule has 0 aromatic rings. The maximum absolute atomic E-state index is 12.0. The van der Waals surface area contributed by atoms with Crippen LogP contribution in [0.3, 0.4) is 0 Å². The molecule has 0 aromatic heterocycles. The summed E-state index contributed by atoms with van der Waals surface area (Å²) in [7, 11) is 2.00. The van der Waals surface area contributed by atoms with E-state index in [1.54, 1.807) is 0 Å². The summed E-state index contributed by atoms with van der Waals surface area (Å²) in [6.07, 6.45) is 3.20. The minimum atomic E-state index is -0.406. The van der Waals surface area contributed by atoms with Crippen molar-refractivity contribution in [3.05, 3.63) is 0 Å². The van der Waals surface area contributed by atoms with E-state index in [9.17, 15) is 4.79 Å². The fourth-order valence-electron chi connectivity index (χ4n) is 2.60. The molecule has 1 rings (SSSR count). The van der Waals surface area contributed by atoms with E-state index in [1.807, 2.05) is 32.7 Å². The molecule has 18 heavy (non-hydrogen) atoms. The first-order valence-electron chi connectivity index (χ1n) is 7.02. The summed E-state index contributed by atoms with van der Waals surface area (Å²) in [5.41, 5.74) is -0.406. The number of carbonyl (C=O) groups is 1. The molecule has 2 atom stereocenters. The van der Waals surface area contributed by atoms with Gasteiger partial charge in [-0.2, -0.15) is 0 Å². The van der Waals surface area contributed by atoms with Crippen LogP contribution >= 0.6 is 0 Å². The van der Waals surface area contributed by atoms with Gasteiger partial charge in [0.25, 0.3) is 0 Å². The highest BCUT2D eigenvalue weighted by Crippen LogP contribution is 2.23. The average molecular weight is 256 g/mol.